The van der Waals surface area contributed by atoms with Gasteiger partial charge in [0.1, 0.15) is 0 Å². The number of carbonyl (C=O) groups excluding carboxylic acids is 1. The number of anilines is 1. The van der Waals surface area contributed by atoms with Crippen molar-refractivity contribution in [2.24, 2.45) is 0 Å². The number of rotatable bonds is 4. The van der Waals surface area contributed by atoms with Crippen molar-refractivity contribution in [2.45, 2.75) is 19.3 Å². The molecule has 0 spiro atoms. The maximum Gasteiger partial charge on any atom is 0.414 e. The molecule has 1 aliphatic rings. The lowest BCUT2D eigenvalue weighted by molar-refractivity contribution is -0.159. The SMILES string of the molecule is O=C(CCN1CCCC1)Nc1cccc(Cl)c1.O=C(O)C(=O)O. The van der Waals surface area contributed by atoms with Crippen molar-refractivity contribution in [1.82, 2.24) is 4.90 Å². The van der Waals surface area contributed by atoms with Gasteiger partial charge in [-0.25, -0.2) is 9.59 Å². The summed E-state index contributed by atoms with van der Waals surface area (Å²) in [6.07, 6.45) is 3.07. The zero-order valence-electron chi connectivity index (χ0n) is 12.5. The van der Waals surface area contributed by atoms with Gasteiger partial charge in [-0.2, -0.15) is 0 Å². The molecule has 1 saturated heterocycles. The number of likely N-dealkylation sites (tertiary alicyclic amines) is 1. The Bertz CT molecular complexity index is 547. The molecule has 23 heavy (non-hydrogen) atoms. The lowest BCUT2D eigenvalue weighted by Gasteiger charge is -2.13. The van der Waals surface area contributed by atoms with Crippen LogP contribution in [0, 0.1) is 0 Å². The highest BCUT2D eigenvalue weighted by Gasteiger charge is 2.12. The summed E-state index contributed by atoms with van der Waals surface area (Å²) < 4.78 is 0. The van der Waals surface area contributed by atoms with Crippen LogP contribution in [0.2, 0.25) is 5.02 Å². The van der Waals surface area contributed by atoms with E-state index < -0.39 is 11.9 Å². The van der Waals surface area contributed by atoms with E-state index in [2.05, 4.69) is 10.2 Å². The van der Waals surface area contributed by atoms with Gasteiger partial charge in [-0.1, -0.05) is 17.7 Å². The van der Waals surface area contributed by atoms with Crippen molar-refractivity contribution in [3.63, 3.8) is 0 Å². The normalized spacial score (nSPS) is 13.8. The topological polar surface area (TPSA) is 107 Å². The van der Waals surface area contributed by atoms with Crippen molar-refractivity contribution >= 4 is 35.1 Å². The minimum absolute atomic E-state index is 0.0548. The van der Waals surface area contributed by atoms with E-state index in [4.69, 9.17) is 31.4 Å². The second-order valence-electron chi connectivity index (χ2n) is 4.97. The molecule has 1 aromatic carbocycles. The van der Waals surface area contributed by atoms with Gasteiger partial charge < -0.3 is 20.4 Å². The lowest BCUT2D eigenvalue weighted by atomic mass is 10.3. The Balaban J connectivity index is 0.000000379. The number of hydrogen-bond acceptors (Lipinski definition) is 4. The number of amides is 1. The number of aliphatic carboxylic acids is 2. The van der Waals surface area contributed by atoms with E-state index in [0.29, 0.717) is 11.4 Å². The van der Waals surface area contributed by atoms with Gasteiger partial charge in [0.25, 0.3) is 0 Å². The minimum atomic E-state index is -1.82. The van der Waals surface area contributed by atoms with Gasteiger partial charge in [-0.05, 0) is 44.1 Å². The third-order valence-corrected chi connectivity index (χ3v) is 3.38. The van der Waals surface area contributed by atoms with Crippen LogP contribution in [0.15, 0.2) is 24.3 Å². The number of halogens is 1. The van der Waals surface area contributed by atoms with Crippen molar-refractivity contribution in [3.05, 3.63) is 29.3 Å². The van der Waals surface area contributed by atoms with Crippen molar-refractivity contribution in [1.29, 1.82) is 0 Å². The third kappa shape index (κ3) is 8.18. The van der Waals surface area contributed by atoms with Crippen LogP contribution in [0.5, 0.6) is 0 Å². The highest BCUT2D eigenvalue weighted by molar-refractivity contribution is 6.30. The summed E-state index contributed by atoms with van der Waals surface area (Å²) in [5.41, 5.74) is 0.768. The zero-order chi connectivity index (χ0) is 17.2. The van der Waals surface area contributed by atoms with Crippen molar-refractivity contribution in [3.8, 4) is 0 Å². The van der Waals surface area contributed by atoms with E-state index in [0.717, 1.165) is 25.3 Å². The van der Waals surface area contributed by atoms with E-state index in [1.165, 1.54) is 12.8 Å². The largest absolute Gasteiger partial charge is 0.473 e. The molecule has 3 N–H and O–H groups in total. The first-order valence-electron chi connectivity index (χ1n) is 7.12. The minimum Gasteiger partial charge on any atom is -0.473 e. The lowest BCUT2D eigenvalue weighted by Crippen LogP contribution is -2.25. The average molecular weight is 343 g/mol. The highest BCUT2D eigenvalue weighted by atomic mass is 35.5. The Hall–Kier alpha value is -2.12. The molecule has 1 aromatic rings. The fourth-order valence-corrected chi connectivity index (χ4v) is 2.25. The summed E-state index contributed by atoms with van der Waals surface area (Å²) in [6.45, 7) is 3.11. The van der Waals surface area contributed by atoms with E-state index >= 15 is 0 Å². The second kappa shape index (κ2) is 9.81. The summed E-state index contributed by atoms with van der Waals surface area (Å²) in [5, 5.41) is 18.3. The molecule has 0 saturated carbocycles. The van der Waals surface area contributed by atoms with Crippen LogP contribution in [0.3, 0.4) is 0 Å². The molecule has 1 fully saturated rings. The number of carbonyl (C=O) groups is 3. The Morgan fingerprint density at radius 3 is 2.26 bits per heavy atom. The van der Waals surface area contributed by atoms with Gasteiger partial charge in [0, 0.05) is 23.7 Å². The molecule has 126 valence electrons. The first kappa shape index (κ1) is 18.9. The number of nitrogens with one attached hydrogen (secondary N) is 1. The van der Waals surface area contributed by atoms with Gasteiger partial charge in [-0.15, -0.1) is 0 Å². The molecule has 0 bridgehead atoms. The van der Waals surface area contributed by atoms with Gasteiger partial charge >= 0.3 is 11.9 Å². The van der Waals surface area contributed by atoms with E-state index in [-0.39, 0.29) is 5.91 Å². The zero-order valence-corrected chi connectivity index (χ0v) is 13.3. The monoisotopic (exact) mass is 342 g/mol. The maximum atomic E-state index is 11.7. The summed E-state index contributed by atoms with van der Waals surface area (Å²) >= 11 is 5.85. The molecule has 0 aliphatic carbocycles. The molecule has 0 unspecified atom stereocenters. The van der Waals surface area contributed by atoms with Gasteiger partial charge in [-0.3, -0.25) is 4.79 Å². The van der Waals surface area contributed by atoms with Crippen LogP contribution in [0.1, 0.15) is 19.3 Å². The Morgan fingerprint density at radius 1 is 1.13 bits per heavy atom. The smallest absolute Gasteiger partial charge is 0.414 e. The summed E-state index contributed by atoms with van der Waals surface area (Å²) in [7, 11) is 0. The first-order valence-corrected chi connectivity index (χ1v) is 7.50. The fraction of sp³-hybridized carbons (Fsp3) is 0.400. The number of carboxylic acids is 2. The van der Waals surface area contributed by atoms with Crippen molar-refractivity contribution < 1.29 is 24.6 Å². The summed E-state index contributed by atoms with van der Waals surface area (Å²) in [5.74, 6) is -3.59. The Labute approximate surface area is 138 Å². The van der Waals surface area contributed by atoms with Crippen molar-refractivity contribution in [2.75, 3.05) is 25.0 Å². The number of hydrogen-bond donors (Lipinski definition) is 3. The van der Waals surface area contributed by atoms with Gasteiger partial charge in [0.05, 0.1) is 0 Å². The van der Waals surface area contributed by atoms with Crippen LogP contribution in [0.4, 0.5) is 5.69 Å². The summed E-state index contributed by atoms with van der Waals surface area (Å²) in [4.78, 5) is 32.2. The Morgan fingerprint density at radius 2 is 1.74 bits per heavy atom. The van der Waals surface area contributed by atoms with Crippen LogP contribution in [-0.4, -0.2) is 52.6 Å². The van der Waals surface area contributed by atoms with Crippen LogP contribution >= 0.6 is 11.6 Å². The molecule has 7 nitrogen and oxygen atoms in total. The van der Waals surface area contributed by atoms with E-state index in [1.807, 2.05) is 12.1 Å². The quantitative estimate of drug-likeness (QED) is 0.722. The molecule has 0 radical (unpaired) electrons. The molecular weight excluding hydrogens is 324 g/mol. The predicted octanol–water partition coefficient (Wildman–Crippen LogP) is 1.92. The molecule has 1 amide bonds. The Kier molecular flexibility index (Phi) is 8.07. The second-order valence-corrected chi connectivity index (χ2v) is 5.40. The number of nitrogens with zero attached hydrogens (tertiary/aromatic N) is 1. The van der Waals surface area contributed by atoms with Crippen LogP contribution in [-0.2, 0) is 14.4 Å². The maximum absolute atomic E-state index is 11.7. The number of carboxylic acid groups (broad SMARTS) is 2. The summed E-state index contributed by atoms with van der Waals surface area (Å²) in [6, 6.07) is 7.23. The predicted molar refractivity (Wildman–Crippen MR) is 85.6 cm³/mol. The highest BCUT2D eigenvalue weighted by Crippen LogP contribution is 2.15. The van der Waals surface area contributed by atoms with E-state index in [1.54, 1.807) is 12.1 Å². The number of benzene rings is 1. The fourth-order valence-electron chi connectivity index (χ4n) is 2.06. The molecule has 1 aliphatic heterocycles. The van der Waals surface area contributed by atoms with Gasteiger partial charge in [0.15, 0.2) is 0 Å². The van der Waals surface area contributed by atoms with Crippen LogP contribution < -0.4 is 5.32 Å². The standard InChI is InChI=1S/C13H17ClN2O.C2H2O4/c14-11-4-3-5-12(10-11)15-13(17)6-9-16-7-1-2-8-16;3-1(4)2(5)6/h3-5,10H,1-2,6-9H2,(H,15,17);(H,3,4)(H,5,6). The molecule has 1 heterocycles. The van der Waals surface area contributed by atoms with E-state index in [9.17, 15) is 4.79 Å². The third-order valence-electron chi connectivity index (χ3n) is 3.15. The molecule has 2 rings (SSSR count). The first-order chi connectivity index (χ1) is 10.9. The molecule has 0 atom stereocenters. The molecule has 0 aromatic heterocycles. The van der Waals surface area contributed by atoms with Crippen LogP contribution in [0.25, 0.3) is 0 Å². The molecule has 8 heteroatoms. The molecular formula is C15H19ClN2O5. The van der Waals surface area contributed by atoms with Gasteiger partial charge in [0.2, 0.25) is 5.91 Å². The average Bonchev–Trinajstić information content (AvgIpc) is 2.99.